The SMILES string of the molecule is Cc1cccnc1C(=O)NC1CCNC(C)C1.Cl.Cl. The van der Waals surface area contributed by atoms with E-state index in [1.165, 1.54) is 0 Å². The van der Waals surface area contributed by atoms with Crippen LogP contribution in [0.25, 0.3) is 0 Å². The topological polar surface area (TPSA) is 54.0 Å². The average molecular weight is 306 g/mol. The minimum absolute atomic E-state index is 0. The molecule has 2 N–H and O–H groups in total. The Kier molecular flexibility index (Phi) is 7.99. The fraction of sp³-hybridized carbons (Fsp3) is 0.538. The minimum Gasteiger partial charge on any atom is -0.348 e. The van der Waals surface area contributed by atoms with Crippen molar-refractivity contribution in [1.29, 1.82) is 0 Å². The van der Waals surface area contributed by atoms with Gasteiger partial charge in [0.25, 0.3) is 5.91 Å². The standard InChI is InChI=1S/C13H19N3O.2ClH/c1-9-4-3-6-15-12(9)13(17)16-11-5-7-14-10(2)8-11;;/h3-4,6,10-11,14H,5,7-8H2,1-2H3,(H,16,17);2*1H. The van der Waals surface area contributed by atoms with Crippen molar-refractivity contribution >= 4 is 30.7 Å². The smallest absolute Gasteiger partial charge is 0.270 e. The molecule has 0 aliphatic carbocycles. The van der Waals surface area contributed by atoms with E-state index in [0.29, 0.717) is 11.7 Å². The lowest BCUT2D eigenvalue weighted by Crippen LogP contribution is -2.46. The highest BCUT2D eigenvalue weighted by Crippen LogP contribution is 2.10. The maximum atomic E-state index is 12.0. The molecular weight excluding hydrogens is 285 g/mol. The van der Waals surface area contributed by atoms with Gasteiger partial charge < -0.3 is 10.6 Å². The molecule has 1 aliphatic rings. The van der Waals surface area contributed by atoms with Gasteiger partial charge in [0.1, 0.15) is 5.69 Å². The molecule has 1 amide bonds. The Morgan fingerprint density at radius 1 is 1.47 bits per heavy atom. The summed E-state index contributed by atoms with van der Waals surface area (Å²) in [5.74, 6) is -0.0535. The highest BCUT2D eigenvalue weighted by atomic mass is 35.5. The van der Waals surface area contributed by atoms with Gasteiger partial charge >= 0.3 is 0 Å². The second-order valence-corrected chi connectivity index (χ2v) is 4.72. The van der Waals surface area contributed by atoms with E-state index in [-0.39, 0.29) is 36.8 Å². The fourth-order valence-electron chi connectivity index (χ4n) is 2.24. The minimum atomic E-state index is -0.0535. The summed E-state index contributed by atoms with van der Waals surface area (Å²) in [7, 11) is 0. The van der Waals surface area contributed by atoms with Gasteiger partial charge in [0.2, 0.25) is 0 Å². The number of hydrogen-bond acceptors (Lipinski definition) is 3. The Labute approximate surface area is 126 Å². The molecule has 2 unspecified atom stereocenters. The average Bonchev–Trinajstić information content (AvgIpc) is 2.29. The van der Waals surface area contributed by atoms with Crippen LogP contribution in [-0.4, -0.2) is 29.5 Å². The number of nitrogens with zero attached hydrogens (tertiary/aromatic N) is 1. The van der Waals surface area contributed by atoms with E-state index in [4.69, 9.17) is 0 Å². The van der Waals surface area contributed by atoms with Crippen molar-refractivity contribution < 1.29 is 4.79 Å². The largest absolute Gasteiger partial charge is 0.348 e. The van der Waals surface area contributed by atoms with Crippen LogP contribution in [0.4, 0.5) is 0 Å². The van der Waals surface area contributed by atoms with Crippen LogP contribution in [0.1, 0.15) is 35.8 Å². The Balaban J connectivity index is 0.00000162. The molecule has 1 fully saturated rings. The van der Waals surface area contributed by atoms with E-state index < -0.39 is 0 Å². The number of aryl methyl sites for hydroxylation is 1. The zero-order chi connectivity index (χ0) is 12.3. The molecule has 2 heterocycles. The van der Waals surface area contributed by atoms with Crippen LogP contribution in [0.5, 0.6) is 0 Å². The van der Waals surface area contributed by atoms with Gasteiger partial charge in [-0.3, -0.25) is 9.78 Å². The van der Waals surface area contributed by atoms with Crippen LogP contribution in [-0.2, 0) is 0 Å². The Bertz CT molecular complexity index is 415. The van der Waals surface area contributed by atoms with Crippen LogP contribution in [0.2, 0.25) is 0 Å². The first-order valence-electron chi connectivity index (χ1n) is 6.12. The Morgan fingerprint density at radius 3 is 2.84 bits per heavy atom. The number of carbonyl (C=O) groups is 1. The third-order valence-corrected chi connectivity index (χ3v) is 3.18. The van der Waals surface area contributed by atoms with Crippen molar-refractivity contribution in [2.45, 2.75) is 38.8 Å². The maximum Gasteiger partial charge on any atom is 0.270 e. The molecule has 1 aliphatic heterocycles. The third-order valence-electron chi connectivity index (χ3n) is 3.18. The molecule has 6 heteroatoms. The molecule has 19 heavy (non-hydrogen) atoms. The van der Waals surface area contributed by atoms with Crippen LogP contribution < -0.4 is 10.6 Å². The lowest BCUT2D eigenvalue weighted by Gasteiger charge is -2.28. The van der Waals surface area contributed by atoms with Gasteiger partial charge in [-0.15, -0.1) is 24.8 Å². The molecule has 4 nitrogen and oxygen atoms in total. The van der Waals surface area contributed by atoms with Gasteiger partial charge in [0, 0.05) is 18.3 Å². The van der Waals surface area contributed by atoms with Gasteiger partial charge in [-0.05, 0) is 44.9 Å². The van der Waals surface area contributed by atoms with Crippen LogP contribution in [0.3, 0.4) is 0 Å². The molecule has 1 aromatic heterocycles. The van der Waals surface area contributed by atoms with E-state index in [2.05, 4.69) is 22.5 Å². The summed E-state index contributed by atoms with van der Waals surface area (Å²) in [6, 6.07) is 4.49. The summed E-state index contributed by atoms with van der Waals surface area (Å²) >= 11 is 0. The first-order chi connectivity index (χ1) is 8.16. The molecule has 0 saturated carbocycles. The number of nitrogens with one attached hydrogen (secondary N) is 2. The number of carbonyl (C=O) groups excluding carboxylic acids is 1. The summed E-state index contributed by atoms with van der Waals surface area (Å²) in [5, 5.41) is 6.43. The van der Waals surface area contributed by atoms with Crippen molar-refractivity contribution in [3.63, 3.8) is 0 Å². The van der Waals surface area contributed by atoms with Gasteiger partial charge in [0.05, 0.1) is 0 Å². The highest BCUT2D eigenvalue weighted by molar-refractivity contribution is 5.93. The number of piperidine rings is 1. The second-order valence-electron chi connectivity index (χ2n) is 4.72. The second kappa shape index (κ2) is 8.35. The number of rotatable bonds is 2. The molecular formula is C13H21Cl2N3O. The van der Waals surface area contributed by atoms with Gasteiger partial charge in [-0.2, -0.15) is 0 Å². The van der Waals surface area contributed by atoms with Crippen molar-refractivity contribution in [1.82, 2.24) is 15.6 Å². The monoisotopic (exact) mass is 305 g/mol. The summed E-state index contributed by atoms with van der Waals surface area (Å²) in [4.78, 5) is 16.2. The molecule has 0 bridgehead atoms. The van der Waals surface area contributed by atoms with Crippen molar-refractivity contribution in [3.05, 3.63) is 29.6 Å². The van der Waals surface area contributed by atoms with Gasteiger partial charge in [-0.25, -0.2) is 0 Å². The number of hydrogen-bond donors (Lipinski definition) is 2. The molecule has 1 aromatic rings. The lowest BCUT2D eigenvalue weighted by molar-refractivity contribution is 0.0920. The predicted octanol–water partition coefficient (Wildman–Crippen LogP) is 2.10. The molecule has 2 rings (SSSR count). The molecule has 0 aromatic carbocycles. The predicted molar refractivity (Wildman–Crippen MR) is 81.4 cm³/mol. The number of pyridine rings is 1. The Morgan fingerprint density at radius 2 is 2.21 bits per heavy atom. The zero-order valence-electron chi connectivity index (χ0n) is 11.2. The molecule has 0 spiro atoms. The van der Waals surface area contributed by atoms with E-state index in [1.807, 2.05) is 19.1 Å². The summed E-state index contributed by atoms with van der Waals surface area (Å²) in [6.45, 7) is 5.02. The Hall–Kier alpha value is -0.840. The molecule has 2 atom stereocenters. The first kappa shape index (κ1) is 18.2. The van der Waals surface area contributed by atoms with Crippen molar-refractivity contribution in [2.24, 2.45) is 0 Å². The summed E-state index contributed by atoms with van der Waals surface area (Å²) in [5.41, 5.74) is 1.46. The molecule has 0 radical (unpaired) electrons. The quantitative estimate of drug-likeness (QED) is 0.880. The van der Waals surface area contributed by atoms with Gasteiger partial charge in [-0.1, -0.05) is 6.07 Å². The first-order valence-corrected chi connectivity index (χ1v) is 6.12. The zero-order valence-corrected chi connectivity index (χ0v) is 12.8. The number of halogens is 2. The normalized spacial score (nSPS) is 21.8. The van der Waals surface area contributed by atoms with Crippen LogP contribution in [0, 0.1) is 6.92 Å². The maximum absolute atomic E-state index is 12.0. The van der Waals surface area contributed by atoms with Crippen LogP contribution in [0.15, 0.2) is 18.3 Å². The van der Waals surface area contributed by atoms with Gasteiger partial charge in [0.15, 0.2) is 0 Å². The van der Waals surface area contributed by atoms with E-state index in [0.717, 1.165) is 24.9 Å². The lowest BCUT2D eigenvalue weighted by atomic mass is 10.0. The summed E-state index contributed by atoms with van der Waals surface area (Å²) < 4.78 is 0. The van der Waals surface area contributed by atoms with Crippen molar-refractivity contribution in [3.8, 4) is 0 Å². The molecule has 108 valence electrons. The summed E-state index contributed by atoms with van der Waals surface area (Å²) in [6.07, 6.45) is 3.63. The molecule has 1 saturated heterocycles. The van der Waals surface area contributed by atoms with E-state index in [9.17, 15) is 4.79 Å². The van der Waals surface area contributed by atoms with E-state index >= 15 is 0 Å². The fourth-order valence-corrected chi connectivity index (χ4v) is 2.24. The van der Waals surface area contributed by atoms with E-state index in [1.54, 1.807) is 6.20 Å². The number of amides is 1. The van der Waals surface area contributed by atoms with Crippen LogP contribution >= 0.6 is 24.8 Å². The van der Waals surface area contributed by atoms with Crippen molar-refractivity contribution in [2.75, 3.05) is 6.54 Å². The highest BCUT2D eigenvalue weighted by Gasteiger charge is 2.21. The third kappa shape index (κ3) is 4.97. The number of aromatic nitrogens is 1.